The van der Waals surface area contributed by atoms with E-state index in [1.807, 2.05) is 26.8 Å². The lowest BCUT2D eigenvalue weighted by Gasteiger charge is -2.45. The number of fused-ring (bicyclic) bond motifs is 2. The maximum atomic E-state index is 12.6. The van der Waals surface area contributed by atoms with Crippen LogP contribution in [0.15, 0.2) is 12.2 Å². The third-order valence-corrected chi connectivity index (χ3v) is 6.19. The third kappa shape index (κ3) is 3.31. The van der Waals surface area contributed by atoms with Crippen molar-refractivity contribution in [2.24, 2.45) is 23.7 Å². The Bertz CT molecular complexity index is 836. The summed E-state index contributed by atoms with van der Waals surface area (Å²) in [5.41, 5.74) is -0.377. The van der Waals surface area contributed by atoms with E-state index < -0.39 is 11.4 Å². The average molecular weight is 386 g/mol. The van der Waals surface area contributed by atoms with Crippen LogP contribution in [0, 0.1) is 23.7 Å². The molecule has 1 aromatic rings. The number of aromatic hydroxyl groups is 2. The van der Waals surface area contributed by atoms with Gasteiger partial charge in [0.15, 0.2) is 12.1 Å². The quantitative estimate of drug-likeness (QED) is 0.436. The van der Waals surface area contributed by atoms with Crippen LogP contribution in [-0.4, -0.2) is 27.9 Å². The molecule has 0 saturated heterocycles. The molecule has 0 bridgehead atoms. The van der Waals surface area contributed by atoms with Gasteiger partial charge in [-0.25, -0.2) is 0 Å². The number of phenolic OH excluding ortho intramolecular Hbond substituents is 2. The number of Topliss-reactive ketones (excluding diaryl/α,β-unsaturated/α-hetero) is 1. The molecule has 2 N–H and O–H groups in total. The summed E-state index contributed by atoms with van der Waals surface area (Å²) in [7, 11) is 0. The minimum Gasteiger partial charge on any atom is -0.507 e. The van der Waals surface area contributed by atoms with E-state index >= 15 is 0 Å². The molecule has 0 aromatic heterocycles. The molecule has 0 fully saturated rings. The van der Waals surface area contributed by atoms with Crippen molar-refractivity contribution in [2.45, 2.75) is 59.5 Å². The van der Waals surface area contributed by atoms with Crippen LogP contribution in [0.1, 0.15) is 73.7 Å². The van der Waals surface area contributed by atoms with Crippen molar-refractivity contribution in [1.82, 2.24) is 0 Å². The number of aldehydes is 1. The minimum atomic E-state index is -0.613. The van der Waals surface area contributed by atoms with E-state index in [1.54, 1.807) is 0 Å². The molecule has 1 aromatic carbocycles. The summed E-state index contributed by atoms with van der Waals surface area (Å²) in [6.45, 7) is 10.1. The molecule has 0 saturated carbocycles. The number of allylic oxidation sites excluding steroid dienone is 1. The fraction of sp³-hybridized carbons (Fsp3) is 0.565. The van der Waals surface area contributed by atoms with Crippen LogP contribution in [0.2, 0.25) is 0 Å². The van der Waals surface area contributed by atoms with Crippen molar-refractivity contribution < 1.29 is 24.5 Å². The van der Waals surface area contributed by atoms with Crippen LogP contribution in [-0.2, 0) is 6.42 Å². The first kappa shape index (κ1) is 20.4. The summed E-state index contributed by atoms with van der Waals surface area (Å²) in [4.78, 5) is 24.4. The summed E-state index contributed by atoms with van der Waals surface area (Å²) >= 11 is 0. The smallest absolute Gasteiger partial charge is 0.170 e. The summed E-state index contributed by atoms with van der Waals surface area (Å²) in [6.07, 6.45) is 6.28. The fourth-order valence-corrected chi connectivity index (χ4v) is 4.38. The minimum absolute atomic E-state index is 0.0565. The van der Waals surface area contributed by atoms with Gasteiger partial charge in [0.25, 0.3) is 0 Å². The Morgan fingerprint density at radius 2 is 1.96 bits per heavy atom. The molecule has 2 aliphatic rings. The zero-order chi connectivity index (χ0) is 20.8. The molecule has 1 aliphatic heterocycles. The first-order valence-corrected chi connectivity index (χ1v) is 10.1. The molecule has 28 heavy (non-hydrogen) atoms. The van der Waals surface area contributed by atoms with Gasteiger partial charge in [0.2, 0.25) is 0 Å². The van der Waals surface area contributed by atoms with Crippen LogP contribution in [0.3, 0.4) is 0 Å². The number of phenols is 2. The van der Waals surface area contributed by atoms with Gasteiger partial charge in [-0.15, -0.1) is 0 Å². The van der Waals surface area contributed by atoms with Gasteiger partial charge in [0.1, 0.15) is 28.4 Å². The second-order valence-electron chi connectivity index (χ2n) is 9.12. The van der Waals surface area contributed by atoms with Gasteiger partial charge in [-0.2, -0.15) is 0 Å². The maximum Gasteiger partial charge on any atom is 0.170 e. The first-order valence-electron chi connectivity index (χ1n) is 10.1. The zero-order valence-electron chi connectivity index (χ0n) is 17.3. The number of ether oxygens (including phenoxy) is 1. The van der Waals surface area contributed by atoms with Crippen molar-refractivity contribution in [1.29, 1.82) is 0 Å². The normalized spacial score (nSPS) is 26.0. The van der Waals surface area contributed by atoms with E-state index in [0.29, 0.717) is 30.1 Å². The SMILES string of the molecule is CC(C)CC(=O)c1c(O)c(C=O)c2c(c1O)C[C@H]1CC(C(C)C)C=C[C@@]1(C)O2. The second kappa shape index (κ2) is 7.26. The van der Waals surface area contributed by atoms with Crippen LogP contribution in [0.5, 0.6) is 17.2 Å². The number of ketones is 1. The zero-order valence-corrected chi connectivity index (χ0v) is 17.3. The number of hydrogen-bond acceptors (Lipinski definition) is 5. The Labute approximate surface area is 166 Å². The molecule has 0 spiro atoms. The largest absolute Gasteiger partial charge is 0.507 e. The van der Waals surface area contributed by atoms with Gasteiger partial charge in [-0.1, -0.05) is 33.8 Å². The van der Waals surface area contributed by atoms with E-state index in [2.05, 4.69) is 19.9 Å². The van der Waals surface area contributed by atoms with Gasteiger partial charge in [0, 0.05) is 17.9 Å². The van der Waals surface area contributed by atoms with Gasteiger partial charge < -0.3 is 14.9 Å². The first-order chi connectivity index (χ1) is 13.1. The Balaban J connectivity index is 2.12. The molecular weight excluding hydrogens is 356 g/mol. The highest BCUT2D eigenvalue weighted by Crippen LogP contribution is 2.51. The molecular formula is C23H30O5. The van der Waals surface area contributed by atoms with Gasteiger partial charge in [-0.05, 0) is 43.6 Å². The Morgan fingerprint density at radius 3 is 2.54 bits per heavy atom. The molecule has 0 radical (unpaired) electrons. The number of rotatable bonds is 5. The van der Waals surface area contributed by atoms with E-state index in [4.69, 9.17) is 4.74 Å². The van der Waals surface area contributed by atoms with E-state index in [1.165, 1.54) is 0 Å². The van der Waals surface area contributed by atoms with Crippen molar-refractivity contribution >= 4 is 12.1 Å². The molecule has 0 amide bonds. The van der Waals surface area contributed by atoms with E-state index in [-0.39, 0.29) is 46.7 Å². The van der Waals surface area contributed by atoms with Crippen LogP contribution >= 0.6 is 0 Å². The van der Waals surface area contributed by atoms with Crippen molar-refractivity contribution in [2.75, 3.05) is 0 Å². The molecule has 1 unspecified atom stereocenters. The number of benzene rings is 1. The number of hydrogen-bond donors (Lipinski definition) is 2. The monoisotopic (exact) mass is 386 g/mol. The number of carbonyl (C=O) groups excluding carboxylic acids is 2. The Kier molecular flexibility index (Phi) is 5.30. The Hall–Kier alpha value is -2.30. The summed E-state index contributed by atoms with van der Waals surface area (Å²) in [6, 6.07) is 0. The molecule has 1 aliphatic carbocycles. The predicted octanol–water partition coefficient (Wildman–Crippen LogP) is 4.68. The van der Waals surface area contributed by atoms with Crippen LogP contribution < -0.4 is 4.74 Å². The maximum absolute atomic E-state index is 12.6. The Morgan fingerprint density at radius 1 is 1.29 bits per heavy atom. The summed E-state index contributed by atoms with van der Waals surface area (Å²) in [5, 5.41) is 21.5. The lowest BCUT2D eigenvalue weighted by molar-refractivity contribution is 0.0302. The van der Waals surface area contributed by atoms with Gasteiger partial charge in [-0.3, -0.25) is 9.59 Å². The van der Waals surface area contributed by atoms with Crippen molar-refractivity contribution in [3.05, 3.63) is 28.8 Å². The summed E-state index contributed by atoms with van der Waals surface area (Å²) < 4.78 is 6.20. The molecule has 3 atom stereocenters. The second-order valence-corrected chi connectivity index (χ2v) is 9.12. The highest BCUT2D eigenvalue weighted by molar-refractivity contribution is 6.05. The van der Waals surface area contributed by atoms with Crippen molar-refractivity contribution in [3.8, 4) is 17.2 Å². The van der Waals surface area contributed by atoms with Gasteiger partial charge >= 0.3 is 0 Å². The topological polar surface area (TPSA) is 83.8 Å². The van der Waals surface area contributed by atoms with Crippen molar-refractivity contribution in [3.63, 3.8) is 0 Å². The molecule has 152 valence electrons. The average Bonchev–Trinajstić information content (AvgIpc) is 2.59. The lowest BCUT2D eigenvalue weighted by atomic mass is 9.69. The highest BCUT2D eigenvalue weighted by atomic mass is 16.5. The van der Waals surface area contributed by atoms with Gasteiger partial charge in [0.05, 0.1) is 5.56 Å². The van der Waals surface area contributed by atoms with E-state index in [0.717, 1.165) is 6.42 Å². The lowest BCUT2D eigenvalue weighted by Crippen LogP contribution is -2.47. The molecule has 1 heterocycles. The van der Waals surface area contributed by atoms with Crippen LogP contribution in [0.4, 0.5) is 0 Å². The summed E-state index contributed by atoms with van der Waals surface area (Å²) in [5.74, 6) is 0.169. The molecule has 3 rings (SSSR count). The molecule has 5 heteroatoms. The molecule has 5 nitrogen and oxygen atoms in total. The van der Waals surface area contributed by atoms with E-state index in [9.17, 15) is 19.8 Å². The third-order valence-electron chi connectivity index (χ3n) is 6.19. The fourth-order valence-electron chi connectivity index (χ4n) is 4.38. The standard InChI is InChI=1S/C23H30O5/c1-12(2)8-18(25)19-20(26)16-10-15-9-14(13(3)4)6-7-23(15,5)28-22(16)17(11-24)21(19)27/h6-7,11-15,26-27H,8-10H2,1-5H3/t14?,15-,23-/m1/s1. The van der Waals surface area contributed by atoms with Crippen LogP contribution in [0.25, 0.3) is 0 Å². The highest BCUT2D eigenvalue weighted by Gasteiger charge is 2.45. The predicted molar refractivity (Wildman–Crippen MR) is 107 cm³/mol. The number of carbonyl (C=O) groups is 2.